The first kappa shape index (κ1) is 13.0. The van der Waals surface area contributed by atoms with E-state index in [0.29, 0.717) is 17.5 Å². The van der Waals surface area contributed by atoms with Crippen LogP contribution in [0.1, 0.15) is 31.4 Å². The Balaban J connectivity index is 2.08. The lowest BCUT2D eigenvalue weighted by Gasteiger charge is -2.07. The van der Waals surface area contributed by atoms with Gasteiger partial charge in [0.1, 0.15) is 11.5 Å². The summed E-state index contributed by atoms with van der Waals surface area (Å²) in [5, 5.41) is 7.13. The van der Waals surface area contributed by atoms with Gasteiger partial charge in [0, 0.05) is 6.04 Å². The summed E-state index contributed by atoms with van der Waals surface area (Å²) >= 11 is 1.46. The second kappa shape index (κ2) is 5.45. The molecule has 2 heterocycles. The van der Waals surface area contributed by atoms with Gasteiger partial charge in [-0.2, -0.15) is 0 Å². The van der Waals surface area contributed by atoms with Crippen LogP contribution in [-0.4, -0.2) is 14.8 Å². The average molecular weight is 268 g/mol. The SMILES string of the molecule is CC(C)n1c(SCc2ccc(CN)o2)n[nH]c1=O. The van der Waals surface area contributed by atoms with Gasteiger partial charge in [0.2, 0.25) is 0 Å². The third-order valence-electron chi connectivity index (χ3n) is 2.45. The van der Waals surface area contributed by atoms with Crippen LogP contribution >= 0.6 is 11.8 Å². The molecule has 98 valence electrons. The minimum absolute atomic E-state index is 0.0787. The third-order valence-corrected chi connectivity index (χ3v) is 3.43. The van der Waals surface area contributed by atoms with Crippen molar-refractivity contribution in [2.75, 3.05) is 0 Å². The molecule has 0 bridgehead atoms. The van der Waals surface area contributed by atoms with Crippen LogP contribution in [0, 0.1) is 0 Å². The summed E-state index contributed by atoms with van der Waals surface area (Å²) in [6.07, 6.45) is 0. The topological polar surface area (TPSA) is 89.8 Å². The Kier molecular flexibility index (Phi) is 3.93. The predicted molar refractivity (Wildman–Crippen MR) is 69.4 cm³/mol. The molecule has 0 unspecified atom stereocenters. The molecule has 0 amide bonds. The lowest BCUT2D eigenvalue weighted by Crippen LogP contribution is -2.19. The fourth-order valence-electron chi connectivity index (χ4n) is 1.59. The first-order valence-electron chi connectivity index (χ1n) is 5.69. The summed E-state index contributed by atoms with van der Waals surface area (Å²) in [6.45, 7) is 4.28. The normalized spacial score (nSPS) is 11.3. The van der Waals surface area contributed by atoms with E-state index in [-0.39, 0.29) is 11.7 Å². The van der Waals surface area contributed by atoms with Crippen molar-refractivity contribution in [3.05, 3.63) is 34.1 Å². The van der Waals surface area contributed by atoms with Gasteiger partial charge in [-0.1, -0.05) is 11.8 Å². The molecule has 0 aromatic carbocycles. The molecule has 0 aliphatic heterocycles. The molecule has 0 atom stereocenters. The summed E-state index contributed by atoms with van der Waals surface area (Å²) in [7, 11) is 0. The number of thioether (sulfide) groups is 1. The Morgan fingerprint density at radius 1 is 1.50 bits per heavy atom. The van der Waals surface area contributed by atoms with E-state index >= 15 is 0 Å². The maximum atomic E-state index is 11.5. The maximum absolute atomic E-state index is 11.5. The van der Waals surface area contributed by atoms with Crippen LogP contribution in [-0.2, 0) is 12.3 Å². The van der Waals surface area contributed by atoms with Gasteiger partial charge in [-0.25, -0.2) is 9.89 Å². The highest BCUT2D eigenvalue weighted by Gasteiger charge is 2.12. The molecule has 2 rings (SSSR count). The highest BCUT2D eigenvalue weighted by molar-refractivity contribution is 7.98. The first-order chi connectivity index (χ1) is 8.61. The van der Waals surface area contributed by atoms with Crippen molar-refractivity contribution in [2.45, 2.75) is 37.3 Å². The van der Waals surface area contributed by atoms with E-state index in [1.54, 1.807) is 4.57 Å². The van der Waals surface area contributed by atoms with Gasteiger partial charge in [0.05, 0.1) is 12.3 Å². The molecular formula is C11H16N4O2S. The fourth-order valence-corrected chi connectivity index (χ4v) is 2.56. The zero-order valence-electron chi connectivity index (χ0n) is 10.3. The molecule has 2 aromatic rings. The molecule has 0 fully saturated rings. The molecule has 0 saturated heterocycles. The van der Waals surface area contributed by atoms with Crippen LogP contribution in [0.25, 0.3) is 0 Å². The molecule has 0 aliphatic rings. The molecular weight excluding hydrogens is 252 g/mol. The van der Waals surface area contributed by atoms with Crippen molar-refractivity contribution in [1.29, 1.82) is 0 Å². The lowest BCUT2D eigenvalue weighted by molar-refractivity contribution is 0.481. The molecule has 3 N–H and O–H groups in total. The van der Waals surface area contributed by atoms with Gasteiger partial charge in [0.25, 0.3) is 0 Å². The monoisotopic (exact) mass is 268 g/mol. The van der Waals surface area contributed by atoms with Gasteiger partial charge >= 0.3 is 5.69 Å². The van der Waals surface area contributed by atoms with Crippen LogP contribution < -0.4 is 11.4 Å². The van der Waals surface area contributed by atoms with Crippen molar-refractivity contribution >= 4 is 11.8 Å². The standard InChI is InChI=1S/C11H16N4O2S/c1-7(2)15-10(16)13-14-11(15)18-6-9-4-3-8(5-12)17-9/h3-4,7H,5-6,12H2,1-2H3,(H,13,16). The van der Waals surface area contributed by atoms with Crippen LogP contribution in [0.15, 0.2) is 26.5 Å². The molecule has 18 heavy (non-hydrogen) atoms. The zero-order valence-corrected chi connectivity index (χ0v) is 11.2. The smallest absolute Gasteiger partial charge is 0.344 e. The summed E-state index contributed by atoms with van der Waals surface area (Å²) in [4.78, 5) is 11.5. The second-order valence-electron chi connectivity index (χ2n) is 4.14. The number of rotatable bonds is 5. The van der Waals surface area contributed by atoms with Crippen LogP contribution in [0.3, 0.4) is 0 Å². The number of nitrogens with zero attached hydrogens (tertiary/aromatic N) is 2. The van der Waals surface area contributed by atoms with Gasteiger partial charge in [0.15, 0.2) is 5.16 Å². The summed E-state index contributed by atoms with van der Waals surface area (Å²) in [6, 6.07) is 3.82. The van der Waals surface area contributed by atoms with Gasteiger partial charge in [-0.05, 0) is 26.0 Å². The zero-order chi connectivity index (χ0) is 13.1. The van der Waals surface area contributed by atoms with E-state index in [2.05, 4.69) is 10.2 Å². The molecule has 2 aromatic heterocycles. The molecule has 0 saturated carbocycles. The highest BCUT2D eigenvalue weighted by atomic mass is 32.2. The van der Waals surface area contributed by atoms with E-state index in [0.717, 1.165) is 11.5 Å². The predicted octanol–water partition coefficient (Wildman–Crippen LogP) is 1.50. The van der Waals surface area contributed by atoms with Gasteiger partial charge < -0.3 is 10.2 Å². The van der Waals surface area contributed by atoms with Crippen molar-refractivity contribution in [1.82, 2.24) is 14.8 Å². The average Bonchev–Trinajstić information content (AvgIpc) is 2.92. The largest absolute Gasteiger partial charge is 0.464 e. The quantitative estimate of drug-likeness (QED) is 0.802. The fraction of sp³-hybridized carbons (Fsp3) is 0.455. The Hall–Kier alpha value is -1.47. The van der Waals surface area contributed by atoms with Crippen LogP contribution in [0.4, 0.5) is 0 Å². The molecule has 7 heteroatoms. The Bertz CT molecular complexity index is 570. The number of aromatic nitrogens is 3. The Morgan fingerprint density at radius 3 is 2.83 bits per heavy atom. The van der Waals surface area contributed by atoms with Gasteiger partial charge in [-0.3, -0.25) is 4.57 Å². The minimum Gasteiger partial charge on any atom is -0.464 e. The van der Waals surface area contributed by atoms with E-state index in [9.17, 15) is 4.79 Å². The van der Waals surface area contributed by atoms with Crippen LogP contribution in [0.5, 0.6) is 0 Å². The second-order valence-corrected chi connectivity index (χ2v) is 5.08. The van der Waals surface area contributed by atoms with E-state index in [4.69, 9.17) is 10.2 Å². The van der Waals surface area contributed by atoms with Crippen molar-refractivity contribution in [3.63, 3.8) is 0 Å². The third kappa shape index (κ3) is 2.68. The first-order valence-corrected chi connectivity index (χ1v) is 6.67. The van der Waals surface area contributed by atoms with Gasteiger partial charge in [-0.15, -0.1) is 5.10 Å². The van der Waals surface area contributed by atoms with Crippen molar-refractivity contribution in [3.8, 4) is 0 Å². The minimum atomic E-state index is -0.186. The Labute approximate surface area is 109 Å². The summed E-state index contributed by atoms with van der Waals surface area (Å²) in [5.41, 5.74) is 5.29. The highest BCUT2D eigenvalue weighted by Crippen LogP contribution is 2.22. The Morgan fingerprint density at radius 2 is 2.22 bits per heavy atom. The van der Waals surface area contributed by atoms with Crippen molar-refractivity contribution < 1.29 is 4.42 Å². The lowest BCUT2D eigenvalue weighted by atomic mass is 10.4. The number of furan rings is 1. The number of hydrogen-bond donors (Lipinski definition) is 2. The van der Waals surface area contributed by atoms with E-state index in [1.165, 1.54) is 11.8 Å². The number of nitrogens with one attached hydrogen (secondary N) is 1. The maximum Gasteiger partial charge on any atom is 0.344 e. The number of aromatic amines is 1. The molecule has 0 radical (unpaired) electrons. The molecule has 0 aliphatic carbocycles. The molecule has 0 spiro atoms. The van der Waals surface area contributed by atoms with E-state index in [1.807, 2.05) is 26.0 Å². The number of nitrogens with two attached hydrogens (primary N) is 1. The number of hydrogen-bond acceptors (Lipinski definition) is 5. The van der Waals surface area contributed by atoms with E-state index < -0.39 is 0 Å². The number of H-pyrrole nitrogens is 1. The van der Waals surface area contributed by atoms with Crippen molar-refractivity contribution in [2.24, 2.45) is 5.73 Å². The molecule has 6 nitrogen and oxygen atoms in total. The summed E-state index contributed by atoms with van der Waals surface area (Å²) in [5.74, 6) is 2.21. The summed E-state index contributed by atoms with van der Waals surface area (Å²) < 4.78 is 7.11. The van der Waals surface area contributed by atoms with Crippen LogP contribution in [0.2, 0.25) is 0 Å².